The van der Waals surface area contributed by atoms with E-state index in [-0.39, 0.29) is 0 Å². The van der Waals surface area contributed by atoms with Gasteiger partial charge in [-0.1, -0.05) is 27.7 Å². The molecule has 0 aliphatic carbocycles. The molecule has 0 aromatic carbocycles. The van der Waals surface area contributed by atoms with Crippen LogP contribution in [0.3, 0.4) is 0 Å². The van der Waals surface area contributed by atoms with E-state index in [1.54, 1.807) is 4.68 Å². The summed E-state index contributed by atoms with van der Waals surface area (Å²) in [7, 11) is 1.86. The van der Waals surface area contributed by atoms with E-state index in [1.807, 2.05) is 7.05 Å². The lowest BCUT2D eigenvalue weighted by Crippen LogP contribution is -2.08. The third-order valence-electron chi connectivity index (χ3n) is 2.16. The average Bonchev–Trinajstić information content (AvgIpc) is 2.39. The molecule has 0 unspecified atom stereocenters. The fourth-order valence-corrected chi connectivity index (χ4v) is 1.39. The number of anilines is 1. The molecule has 1 heterocycles. The molecular formula is C11H21N3O. The van der Waals surface area contributed by atoms with E-state index in [4.69, 9.17) is 10.5 Å². The molecule has 0 atom stereocenters. The summed E-state index contributed by atoms with van der Waals surface area (Å²) in [6.45, 7) is 9.03. The van der Waals surface area contributed by atoms with Crippen molar-refractivity contribution in [2.75, 3.05) is 12.3 Å². The molecule has 0 aliphatic heterocycles. The summed E-state index contributed by atoms with van der Waals surface area (Å²) in [6.07, 6.45) is 0. The Kier molecular flexibility index (Phi) is 3.61. The summed E-state index contributed by atoms with van der Waals surface area (Å²) in [6, 6.07) is 0. The van der Waals surface area contributed by atoms with Gasteiger partial charge in [0.2, 0.25) is 5.88 Å². The molecule has 0 aliphatic rings. The van der Waals surface area contributed by atoms with Gasteiger partial charge in [0, 0.05) is 7.05 Å². The molecule has 86 valence electrons. The number of nitrogen functional groups attached to an aromatic ring is 1. The van der Waals surface area contributed by atoms with E-state index in [9.17, 15) is 0 Å². The Hall–Kier alpha value is -1.19. The standard InChI is InChI=1S/C11H21N3O/c1-7(2)6-15-11-9(12)10(8(3)4)13-14(11)5/h7-8H,6,12H2,1-5H3. The molecule has 1 aromatic heterocycles. The summed E-state index contributed by atoms with van der Waals surface area (Å²) < 4.78 is 7.35. The Morgan fingerprint density at radius 1 is 1.33 bits per heavy atom. The molecular weight excluding hydrogens is 190 g/mol. The number of aryl methyl sites for hydroxylation is 1. The van der Waals surface area contributed by atoms with Crippen LogP contribution in [0.5, 0.6) is 5.88 Å². The van der Waals surface area contributed by atoms with Crippen LogP contribution in [0.1, 0.15) is 39.3 Å². The molecule has 15 heavy (non-hydrogen) atoms. The topological polar surface area (TPSA) is 53.1 Å². The third-order valence-corrected chi connectivity index (χ3v) is 2.16. The molecule has 0 fully saturated rings. The van der Waals surface area contributed by atoms with Gasteiger partial charge in [-0.3, -0.25) is 0 Å². The van der Waals surface area contributed by atoms with E-state index >= 15 is 0 Å². The van der Waals surface area contributed by atoms with E-state index in [0.717, 1.165) is 5.69 Å². The van der Waals surface area contributed by atoms with Crippen LogP contribution in [0.4, 0.5) is 5.69 Å². The van der Waals surface area contributed by atoms with Gasteiger partial charge in [-0.15, -0.1) is 0 Å². The monoisotopic (exact) mass is 211 g/mol. The summed E-state index contributed by atoms with van der Waals surface area (Å²) in [5.41, 5.74) is 7.57. The lowest BCUT2D eigenvalue weighted by Gasteiger charge is -2.09. The zero-order chi connectivity index (χ0) is 11.6. The maximum Gasteiger partial charge on any atom is 0.235 e. The Bertz CT molecular complexity index is 329. The van der Waals surface area contributed by atoms with Crippen molar-refractivity contribution in [1.82, 2.24) is 9.78 Å². The van der Waals surface area contributed by atoms with Crippen LogP contribution in [-0.4, -0.2) is 16.4 Å². The highest BCUT2D eigenvalue weighted by Crippen LogP contribution is 2.29. The molecule has 1 aromatic rings. The zero-order valence-corrected chi connectivity index (χ0v) is 10.2. The Morgan fingerprint density at radius 2 is 1.93 bits per heavy atom. The minimum atomic E-state index is 0.326. The number of hydrogen-bond donors (Lipinski definition) is 1. The van der Waals surface area contributed by atoms with Gasteiger partial charge in [-0.2, -0.15) is 5.10 Å². The summed E-state index contributed by atoms with van der Waals surface area (Å²) >= 11 is 0. The third kappa shape index (κ3) is 2.64. The highest BCUT2D eigenvalue weighted by Gasteiger charge is 2.17. The molecule has 0 saturated carbocycles. The van der Waals surface area contributed by atoms with Gasteiger partial charge < -0.3 is 10.5 Å². The number of rotatable bonds is 4. The van der Waals surface area contributed by atoms with Crippen LogP contribution in [0.15, 0.2) is 0 Å². The fourth-order valence-electron chi connectivity index (χ4n) is 1.39. The van der Waals surface area contributed by atoms with Crippen LogP contribution in [0.25, 0.3) is 0 Å². The normalized spacial score (nSPS) is 11.4. The zero-order valence-electron chi connectivity index (χ0n) is 10.2. The predicted molar refractivity (Wildman–Crippen MR) is 62.0 cm³/mol. The Labute approximate surface area is 91.4 Å². The minimum absolute atomic E-state index is 0.326. The second-order valence-corrected chi connectivity index (χ2v) is 4.59. The number of aromatic nitrogens is 2. The number of ether oxygens (including phenoxy) is 1. The summed E-state index contributed by atoms with van der Waals surface area (Å²) in [5.74, 6) is 1.50. The molecule has 4 nitrogen and oxygen atoms in total. The first kappa shape index (κ1) is 11.9. The number of nitrogens with two attached hydrogens (primary N) is 1. The maximum atomic E-state index is 5.98. The van der Waals surface area contributed by atoms with Gasteiger partial charge in [0.1, 0.15) is 5.69 Å². The average molecular weight is 211 g/mol. The van der Waals surface area contributed by atoms with E-state index in [1.165, 1.54) is 0 Å². The molecule has 2 N–H and O–H groups in total. The van der Waals surface area contributed by atoms with Gasteiger partial charge in [0.05, 0.1) is 12.3 Å². The highest BCUT2D eigenvalue weighted by molar-refractivity contribution is 5.54. The van der Waals surface area contributed by atoms with Crippen molar-refractivity contribution in [1.29, 1.82) is 0 Å². The highest BCUT2D eigenvalue weighted by atomic mass is 16.5. The smallest absolute Gasteiger partial charge is 0.235 e. The van der Waals surface area contributed by atoms with Gasteiger partial charge in [0.15, 0.2) is 0 Å². The SMILES string of the molecule is CC(C)COc1c(N)c(C(C)C)nn1C. The number of hydrogen-bond acceptors (Lipinski definition) is 3. The summed E-state index contributed by atoms with van der Waals surface area (Å²) in [5, 5.41) is 4.35. The Morgan fingerprint density at radius 3 is 2.33 bits per heavy atom. The van der Waals surface area contributed by atoms with Gasteiger partial charge in [-0.05, 0) is 11.8 Å². The Balaban J connectivity index is 2.88. The van der Waals surface area contributed by atoms with Crippen molar-refractivity contribution in [2.24, 2.45) is 13.0 Å². The van der Waals surface area contributed by atoms with Crippen molar-refractivity contribution >= 4 is 5.69 Å². The van der Waals surface area contributed by atoms with Crippen molar-refractivity contribution in [3.05, 3.63) is 5.69 Å². The molecule has 0 radical (unpaired) electrons. The first-order valence-corrected chi connectivity index (χ1v) is 5.38. The second kappa shape index (κ2) is 4.55. The van der Waals surface area contributed by atoms with Crippen LogP contribution in [0, 0.1) is 5.92 Å². The lowest BCUT2D eigenvalue weighted by molar-refractivity contribution is 0.251. The van der Waals surface area contributed by atoms with Gasteiger partial charge in [-0.25, -0.2) is 4.68 Å². The quantitative estimate of drug-likeness (QED) is 0.830. The van der Waals surface area contributed by atoms with E-state index in [0.29, 0.717) is 30.0 Å². The van der Waals surface area contributed by atoms with Crippen molar-refractivity contribution in [3.63, 3.8) is 0 Å². The van der Waals surface area contributed by atoms with Crippen molar-refractivity contribution < 1.29 is 4.74 Å². The lowest BCUT2D eigenvalue weighted by atomic mass is 10.1. The van der Waals surface area contributed by atoms with Crippen molar-refractivity contribution in [3.8, 4) is 5.88 Å². The molecule has 0 amide bonds. The number of nitrogens with zero attached hydrogens (tertiary/aromatic N) is 2. The summed E-state index contributed by atoms with van der Waals surface area (Å²) in [4.78, 5) is 0. The molecule has 0 spiro atoms. The first-order chi connectivity index (χ1) is 6.93. The van der Waals surface area contributed by atoms with Gasteiger partial charge in [0.25, 0.3) is 0 Å². The molecule has 0 bridgehead atoms. The van der Waals surface area contributed by atoms with E-state index in [2.05, 4.69) is 32.8 Å². The molecule has 0 saturated heterocycles. The predicted octanol–water partition coefficient (Wildman–Crippen LogP) is 2.16. The molecule has 1 rings (SSSR count). The maximum absolute atomic E-state index is 5.98. The first-order valence-electron chi connectivity index (χ1n) is 5.38. The van der Waals surface area contributed by atoms with Gasteiger partial charge >= 0.3 is 0 Å². The second-order valence-electron chi connectivity index (χ2n) is 4.59. The van der Waals surface area contributed by atoms with Crippen molar-refractivity contribution in [2.45, 2.75) is 33.6 Å². The van der Waals surface area contributed by atoms with E-state index < -0.39 is 0 Å². The minimum Gasteiger partial charge on any atom is -0.476 e. The fraction of sp³-hybridized carbons (Fsp3) is 0.727. The largest absolute Gasteiger partial charge is 0.476 e. The molecule has 4 heteroatoms. The van der Waals surface area contributed by atoms with Crippen LogP contribution < -0.4 is 10.5 Å². The van der Waals surface area contributed by atoms with Crippen LogP contribution in [-0.2, 0) is 7.05 Å². The van der Waals surface area contributed by atoms with Crippen LogP contribution >= 0.6 is 0 Å². The van der Waals surface area contributed by atoms with Crippen LogP contribution in [0.2, 0.25) is 0 Å².